The van der Waals surface area contributed by atoms with Gasteiger partial charge in [0.05, 0.1) is 4.92 Å². The van der Waals surface area contributed by atoms with E-state index in [9.17, 15) is 10.1 Å². The van der Waals surface area contributed by atoms with E-state index in [0.717, 1.165) is 39.0 Å². The molecule has 8 heteroatoms. The molecule has 22 heavy (non-hydrogen) atoms. The number of aromatic nitrogens is 1. The summed E-state index contributed by atoms with van der Waals surface area (Å²) in [7, 11) is 0. The number of anilines is 2. The highest BCUT2D eigenvalue weighted by Gasteiger charge is 2.28. The van der Waals surface area contributed by atoms with Gasteiger partial charge in [0.15, 0.2) is 0 Å². The quantitative estimate of drug-likeness (QED) is 0.633. The zero-order valence-electron chi connectivity index (χ0n) is 12.5. The summed E-state index contributed by atoms with van der Waals surface area (Å²) in [5.74, 6) is 0.462. The van der Waals surface area contributed by atoms with Crippen LogP contribution in [0.1, 0.15) is 12.8 Å². The fourth-order valence-corrected chi connectivity index (χ4v) is 2.91. The van der Waals surface area contributed by atoms with Crippen LogP contribution in [0, 0.1) is 10.1 Å². The van der Waals surface area contributed by atoms with Crippen molar-refractivity contribution in [2.45, 2.75) is 18.9 Å². The highest BCUT2D eigenvalue weighted by Crippen LogP contribution is 2.34. The van der Waals surface area contributed by atoms with Gasteiger partial charge in [-0.1, -0.05) is 0 Å². The molecule has 3 rings (SSSR count). The number of nitrogens with one attached hydrogen (secondary N) is 2. The topological polar surface area (TPSA) is 92.6 Å². The smallest absolute Gasteiger partial charge is 0.334 e. The van der Waals surface area contributed by atoms with Crippen LogP contribution in [0.25, 0.3) is 0 Å². The first-order valence-corrected chi connectivity index (χ1v) is 7.69. The maximum Gasteiger partial charge on any atom is 0.334 e. The predicted molar refractivity (Wildman–Crippen MR) is 83.4 cm³/mol. The molecule has 0 atom stereocenters. The summed E-state index contributed by atoms with van der Waals surface area (Å²) in [6.07, 6.45) is 3.37. The van der Waals surface area contributed by atoms with Gasteiger partial charge in [0.1, 0.15) is 5.69 Å². The van der Waals surface area contributed by atoms with Crippen LogP contribution in [-0.4, -0.2) is 55.3 Å². The average molecular weight is 307 g/mol. The molecule has 2 aliphatic heterocycles. The number of nitro groups is 1. The van der Waals surface area contributed by atoms with Crippen LogP contribution >= 0.6 is 0 Å². The molecule has 2 fully saturated rings. The molecule has 1 aromatic rings. The van der Waals surface area contributed by atoms with Gasteiger partial charge < -0.3 is 20.3 Å². The lowest BCUT2D eigenvalue weighted by atomic mass is 10.1. The Balaban J connectivity index is 1.86. The molecule has 0 saturated carbocycles. The lowest BCUT2D eigenvalue weighted by molar-refractivity contribution is -0.383. The largest absolute Gasteiger partial charge is 0.381 e. The second-order valence-corrected chi connectivity index (χ2v) is 5.56. The number of piperazine rings is 1. The number of ether oxygens (including phenoxy) is 1. The van der Waals surface area contributed by atoms with Crippen molar-refractivity contribution in [3.63, 3.8) is 0 Å². The number of nitrogens with zero attached hydrogens (tertiary/aromatic N) is 3. The summed E-state index contributed by atoms with van der Waals surface area (Å²) in [4.78, 5) is 17.5. The molecule has 2 saturated heterocycles. The predicted octanol–water partition coefficient (Wildman–Crippen LogP) is 0.990. The van der Waals surface area contributed by atoms with Crippen LogP contribution in [0.4, 0.5) is 17.2 Å². The van der Waals surface area contributed by atoms with Gasteiger partial charge in [0.25, 0.3) is 0 Å². The summed E-state index contributed by atoms with van der Waals surface area (Å²) < 4.78 is 5.33. The molecule has 0 unspecified atom stereocenters. The lowest BCUT2D eigenvalue weighted by Gasteiger charge is -2.29. The molecular weight excluding hydrogens is 286 g/mol. The monoisotopic (exact) mass is 307 g/mol. The molecule has 0 amide bonds. The second-order valence-electron chi connectivity index (χ2n) is 5.56. The van der Waals surface area contributed by atoms with Crippen molar-refractivity contribution >= 4 is 17.2 Å². The van der Waals surface area contributed by atoms with E-state index in [2.05, 4.69) is 15.6 Å². The minimum Gasteiger partial charge on any atom is -0.381 e. The Kier molecular flexibility index (Phi) is 4.69. The molecule has 2 N–H and O–H groups in total. The first-order valence-electron chi connectivity index (χ1n) is 7.69. The molecule has 0 aliphatic carbocycles. The van der Waals surface area contributed by atoms with E-state index < -0.39 is 0 Å². The van der Waals surface area contributed by atoms with Crippen molar-refractivity contribution in [3.05, 3.63) is 22.4 Å². The van der Waals surface area contributed by atoms with Crippen LogP contribution < -0.4 is 15.5 Å². The number of rotatable bonds is 4. The average Bonchev–Trinajstić information content (AvgIpc) is 2.56. The van der Waals surface area contributed by atoms with Gasteiger partial charge in [0, 0.05) is 51.6 Å². The zero-order valence-corrected chi connectivity index (χ0v) is 12.5. The minimum atomic E-state index is -0.327. The Labute approximate surface area is 129 Å². The van der Waals surface area contributed by atoms with Crippen LogP contribution in [0.5, 0.6) is 0 Å². The first kappa shape index (κ1) is 15.0. The van der Waals surface area contributed by atoms with Crippen LogP contribution in [0.2, 0.25) is 0 Å². The molecule has 8 nitrogen and oxygen atoms in total. The van der Waals surface area contributed by atoms with Crippen LogP contribution in [-0.2, 0) is 4.74 Å². The summed E-state index contributed by atoms with van der Waals surface area (Å²) in [5, 5.41) is 18.1. The van der Waals surface area contributed by atoms with Gasteiger partial charge in [-0.25, -0.2) is 4.98 Å². The van der Waals surface area contributed by atoms with E-state index in [1.807, 2.05) is 4.90 Å². The summed E-state index contributed by atoms with van der Waals surface area (Å²) in [5.41, 5.74) is 0.635. The summed E-state index contributed by atoms with van der Waals surface area (Å²) in [6, 6.07) is 1.91. The van der Waals surface area contributed by atoms with Crippen molar-refractivity contribution in [2.24, 2.45) is 0 Å². The minimum absolute atomic E-state index is 0.0795. The lowest BCUT2D eigenvalue weighted by Crippen LogP contribution is -2.44. The van der Waals surface area contributed by atoms with E-state index >= 15 is 0 Å². The molecule has 0 spiro atoms. The standard InChI is InChI=1S/C14H21N5O3/c20-19(21)13-12(17-11-2-9-22-10-3-11)1-4-16-14(13)18-7-5-15-6-8-18/h1,4,11,15H,2-3,5-10H2,(H,16,17). The molecule has 1 aromatic heterocycles. The van der Waals surface area contributed by atoms with Gasteiger partial charge in [-0.05, 0) is 18.9 Å². The molecule has 120 valence electrons. The van der Waals surface area contributed by atoms with E-state index in [4.69, 9.17) is 4.74 Å². The second kappa shape index (κ2) is 6.89. The number of hydrogen-bond acceptors (Lipinski definition) is 7. The van der Waals surface area contributed by atoms with Crippen molar-refractivity contribution in [1.82, 2.24) is 10.3 Å². The third-order valence-corrected chi connectivity index (χ3v) is 4.08. The molecule has 0 bridgehead atoms. The molecule has 2 aliphatic rings. The van der Waals surface area contributed by atoms with Crippen molar-refractivity contribution in [2.75, 3.05) is 49.6 Å². The van der Waals surface area contributed by atoms with Crippen LogP contribution in [0.3, 0.4) is 0 Å². The Bertz CT molecular complexity index is 527. The Morgan fingerprint density at radius 2 is 2.09 bits per heavy atom. The van der Waals surface area contributed by atoms with Crippen LogP contribution in [0.15, 0.2) is 12.3 Å². The third kappa shape index (κ3) is 3.28. The maximum absolute atomic E-state index is 11.6. The normalized spacial score (nSPS) is 19.9. The Morgan fingerprint density at radius 3 is 2.77 bits per heavy atom. The highest BCUT2D eigenvalue weighted by atomic mass is 16.6. The first-order chi connectivity index (χ1) is 10.8. The highest BCUT2D eigenvalue weighted by molar-refractivity contribution is 5.74. The summed E-state index contributed by atoms with van der Waals surface area (Å²) >= 11 is 0. The fraction of sp³-hybridized carbons (Fsp3) is 0.643. The Hall–Kier alpha value is -1.93. The number of hydrogen-bond donors (Lipinski definition) is 2. The van der Waals surface area contributed by atoms with E-state index in [1.54, 1.807) is 12.3 Å². The number of pyridine rings is 1. The van der Waals surface area contributed by atoms with Gasteiger partial charge in [-0.15, -0.1) is 0 Å². The van der Waals surface area contributed by atoms with E-state index in [-0.39, 0.29) is 16.7 Å². The van der Waals surface area contributed by atoms with E-state index in [1.165, 1.54) is 0 Å². The molecular formula is C14H21N5O3. The summed E-state index contributed by atoms with van der Waals surface area (Å²) in [6.45, 7) is 4.48. The van der Waals surface area contributed by atoms with Crippen molar-refractivity contribution < 1.29 is 9.66 Å². The maximum atomic E-state index is 11.6. The van der Waals surface area contributed by atoms with Gasteiger partial charge in [-0.2, -0.15) is 0 Å². The molecule has 0 aromatic carbocycles. The van der Waals surface area contributed by atoms with Crippen molar-refractivity contribution in [3.8, 4) is 0 Å². The SMILES string of the molecule is O=[N+]([O-])c1c(NC2CCOCC2)ccnc1N1CCNCC1. The third-order valence-electron chi connectivity index (χ3n) is 4.08. The van der Waals surface area contributed by atoms with E-state index in [0.29, 0.717) is 24.7 Å². The fourth-order valence-electron chi connectivity index (χ4n) is 2.91. The zero-order chi connectivity index (χ0) is 15.4. The molecule has 3 heterocycles. The van der Waals surface area contributed by atoms with Gasteiger partial charge >= 0.3 is 5.69 Å². The van der Waals surface area contributed by atoms with Gasteiger partial charge in [0.2, 0.25) is 5.82 Å². The van der Waals surface area contributed by atoms with Gasteiger partial charge in [-0.3, -0.25) is 10.1 Å². The Morgan fingerprint density at radius 1 is 1.36 bits per heavy atom. The van der Waals surface area contributed by atoms with Crippen molar-refractivity contribution in [1.29, 1.82) is 0 Å². The molecule has 0 radical (unpaired) electrons.